The molecule has 1 aliphatic rings. The van der Waals surface area contributed by atoms with Crippen molar-refractivity contribution < 1.29 is 19.1 Å². The van der Waals surface area contributed by atoms with Gasteiger partial charge in [-0.25, -0.2) is 9.59 Å². The number of esters is 2. The molecule has 0 bridgehead atoms. The van der Waals surface area contributed by atoms with Gasteiger partial charge in [-0.3, -0.25) is 5.41 Å². The third-order valence-corrected chi connectivity index (χ3v) is 4.77. The van der Waals surface area contributed by atoms with E-state index >= 15 is 0 Å². The second kappa shape index (κ2) is 7.66. The monoisotopic (exact) mass is 384 g/mol. The number of ether oxygens (including phenoxy) is 2. The Bertz CT molecular complexity index is 553. The Morgan fingerprint density at radius 3 is 1.67 bits per heavy atom. The first-order chi connectivity index (χ1) is 12.0. The summed E-state index contributed by atoms with van der Waals surface area (Å²) in [5.41, 5.74) is 7.18. The Kier molecular flexibility index (Phi) is 6.58. The highest BCUT2D eigenvalue weighted by molar-refractivity contribution is 6.09. The smallest absolute Gasteiger partial charge is 0.344 e. The van der Waals surface area contributed by atoms with Crippen molar-refractivity contribution in [3.63, 3.8) is 0 Å². The van der Waals surface area contributed by atoms with Crippen LogP contribution in [0, 0.1) is 10.8 Å². The highest BCUT2D eigenvalue weighted by Crippen LogP contribution is 2.46. The molecular weight excluding hydrogens is 348 g/mol. The topological polar surface area (TPSA) is 141 Å². The van der Waals surface area contributed by atoms with Crippen LogP contribution in [0.1, 0.15) is 74.1 Å². The first kappa shape index (κ1) is 23.2. The number of rotatable bonds is 4. The van der Waals surface area contributed by atoms with Crippen molar-refractivity contribution in [3.8, 4) is 0 Å². The van der Waals surface area contributed by atoms with E-state index in [1.54, 1.807) is 41.5 Å². The molecule has 8 heteroatoms. The third-order valence-electron chi connectivity index (χ3n) is 4.77. The molecule has 1 saturated carbocycles. The molecule has 0 aromatic heterocycles. The van der Waals surface area contributed by atoms with Gasteiger partial charge >= 0.3 is 11.9 Å². The van der Waals surface area contributed by atoms with E-state index < -0.39 is 40.1 Å². The molecule has 8 nitrogen and oxygen atoms in total. The highest BCUT2D eigenvalue weighted by atomic mass is 16.6. The Morgan fingerprint density at radius 1 is 1.00 bits per heavy atom. The first-order valence-electron chi connectivity index (χ1n) is 9.37. The molecule has 0 saturated heterocycles. The summed E-state index contributed by atoms with van der Waals surface area (Å²) in [5.74, 6) is -2.09. The molecule has 1 fully saturated rings. The lowest BCUT2D eigenvalue weighted by Crippen LogP contribution is -2.72. The Balaban J connectivity index is 3.55. The van der Waals surface area contributed by atoms with Crippen molar-refractivity contribution in [1.29, 1.82) is 5.41 Å². The molecule has 0 spiro atoms. The fraction of sp³-hybridized carbons (Fsp3) is 0.842. The summed E-state index contributed by atoms with van der Waals surface area (Å²) in [6.07, 6.45) is 2.27. The van der Waals surface area contributed by atoms with Gasteiger partial charge in [0.2, 0.25) is 5.54 Å². The van der Waals surface area contributed by atoms with Crippen LogP contribution >= 0.6 is 0 Å². The maximum absolute atomic E-state index is 13.4. The van der Waals surface area contributed by atoms with E-state index in [1.165, 1.54) is 0 Å². The number of carbonyl (C=O) groups excluding carboxylic acids is 2. The first-order valence-corrected chi connectivity index (χ1v) is 9.37. The van der Waals surface area contributed by atoms with Crippen LogP contribution in [0.2, 0.25) is 0 Å². The molecule has 156 valence electrons. The molecule has 0 amide bonds. The molecule has 0 radical (unpaired) electrons. The number of carbonyl (C=O) groups is 2. The predicted octanol–water partition coefficient (Wildman–Crippen LogP) is 1.80. The lowest BCUT2D eigenvalue weighted by atomic mass is 9.61. The summed E-state index contributed by atoms with van der Waals surface area (Å²) >= 11 is 0. The second-order valence-corrected chi connectivity index (χ2v) is 9.69. The Labute approximate surface area is 162 Å². The average Bonchev–Trinajstić information content (AvgIpc) is 2.43. The Morgan fingerprint density at radius 2 is 1.37 bits per heavy atom. The number of hydrogen-bond acceptors (Lipinski definition) is 6. The van der Waals surface area contributed by atoms with Crippen molar-refractivity contribution in [2.45, 2.75) is 96.9 Å². The summed E-state index contributed by atoms with van der Waals surface area (Å²) in [6, 6.07) is 0.00498. The largest absolute Gasteiger partial charge is 0.458 e. The van der Waals surface area contributed by atoms with Gasteiger partial charge in [0.15, 0.2) is 5.96 Å². The van der Waals surface area contributed by atoms with Gasteiger partial charge in [-0.15, -0.1) is 0 Å². The van der Waals surface area contributed by atoms with Gasteiger partial charge in [-0.05, 0) is 67.2 Å². The molecule has 0 atom stereocenters. The fourth-order valence-corrected chi connectivity index (χ4v) is 3.39. The molecule has 0 aromatic rings. The number of guanidine groups is 1. The van der Waals surface area contributed by atoms with Gasteiger partial charge in [-0.2, -0.15) is 0 Å². The van der Waals surface area contributed by atoms with Crippen molar-refractivity contribution in [3.05, 3.63) is 0 Å². The molecular formula is C19H36N4O4. The van der Waals surface area contributed by atoms with Gasteiger partial charge in [-0.1, -0.05) is 6.92 Å². The summed E-state index contributed by atoms with van der Waals surface area (Å²) in [5, 5.41) is 10.4. The predicted molar refractivity (Wildman–Crippen MR) is 104 cm³/mol. The van der Waals surface area contributed by atoms with Crippen LogP contribution in [-0.2, 0) is 19.1 Å². The zero-order chi connectivity index (χ0) is 21.3. The quantitative estimate of drug-likeness (QED) is 0.251. The minimum Gasteiger partial charge on any atom is -0.458 e. The van der Waals surface area contributed by atoms with Crippen LogP contribution in [-0.4, -0.2) is 40.7 Å². The van der Waals surface area contributed by atoms with E-state index in [4.69, 9.17) is 26.4 Å². The highest BCUT2D eigenvalue weighted by Gasteiger charge is 2.63. The molecule has 1 aliphatic carbocycles. The Hall–Kier alpha value is -1.83. The fourth-order valence-electron chi connectivity index (χ4n) is 3.39. The third kappa shape index (κ3) is 5.57. The van der Waals surface area contributed by atoms with Gasteiger partial charge in [0, 0.05) is 11.5 Å². The van der Waals surface area contributed by atoms with Crippen LogP contribution in [0.25, 0.3) is 0 Å². The average molecular weight is 385 g/mol. The van der Waals surface area contributed by atoms with Crippen molar-refractivity contribution in [2.75, 3.05) is 0 Å². The number of nitrogens with two attached hydrogens (primary N) is 2. The SMILES string of the molecule is CC(C)(C)OC(=O)C(NC(=N)N)(C(=O)OC(C)(C)C)C1(C)CCC(N)CC1. The number of nitrogens with one attached hydrogen (secondary N) is 2. The molecule has 0 aromatic carbocycles. The maximum atomic E-state index is 13.4. The molecule has 0 heterocycles. The number of hydrogen-bond donors (Lipinski definition) is 4. The standard InChI is InChI=1S/C19H36N4O4/c1-16(2,3)26-13(24)19(23-15(21)22,14(25)27-17(4,5)6)18(7)10-8-12(20)9-11-18/h12H,8-11,20H2,1-7H3,(H4,21,22,23). The molecule has 27 heavy (non-hydrogen) atoms. The van der Waals surface area contributed by atoms with Gasteiger partial charge in [0.25, 0.3) is 0 Å². The van der Waals surface area contributed by atoms with Gasteiger partial charge in [0.1, 0.15) is 11.2 Å². The summed E-state index contributed by atoms with van der Waals surface area (Å²) in [6.45, 7) is 12.1. The van der Waals surface area contributed by atoms with Crippen LogP contribution < -0.4 is 16.8 Å². The lowest BCUT2D eigenvalue weighted by Gasteiger charge is -2.49. The lowest BCUT2D eigenvalue weighted by molar-refractivity contribution is -0.188. The van der Waals surface area contributed by atoms with Gasteiger partial charge in [0.05, 0.1) is 0 Å². The van der Waals surface area contributed by atoms with Crippen molar-refractivity contribution in [1.82, 2.24) is 5.32 Å². The minimum atomic E-state index is -1.93. The van der Waals surface area contributed by atoms with Crippen LogP contribution in [0.15, 0.2) is 0 Å². The van der Waals surface area contributed by atoms with E-state index in [2.05, 4.69) is 5.32 Å². The van der Waals surface area contributed by atoms with Crippen molar-refractivity contribution in [2.24, 2.45) is 16.9 Å². The van der Waals surface area contributed by atoms with E-state index in [1.807, 2.05) is 6.92 Å². The summed E-state index contributed by atoms with van der Waals surface area (Å²) in [7, 11) is 0. The summed E-state index contributed by atoms with van der Waals surface area (Å²) < 4.78 is 11.2. The van der Waals surface area contributed by atoms with E-state index in [-0.39, 0.29) is 6.04 Å². The van der Waals surface area contributed by atoms with Crippen molar-refractivity contribution >= 4 is 17.9 Å². The molecule has 1 rings (SSSR count). The normalized spacial score (nSPS) is 24.1. The molecule has 0 aliphatic heterocycles. The second-order valence-electron chi connectivity index (χ2n) is 9.69. The van der Waals surface area contributed by atoms with Crippen LogP contribution in [0.3, 0.4) is 0 Å². The zero-order valence-electron chi connectivity index (χ0n) is 17.7. The van der Waals surface area contributed by atoms with Gasteiger partial charge < -0.3 is 26.3 Å². The zero-order valence-corrected chi connectivity index (χ0v) is 17.7. The molecule has 0 unspecified atom stereocenters. The van der Waals surface area contributed by atoms with E-state index in [0.717, 1.165) is 0 Å². The maximum Gasteiger partial charge on any atom is 0.344 e. The molecule has 6 N–H and O–H groups in total. The van der Waals surface area contributed by atoms with Crippen LogP contribution in [0.4, 0.5) is 0 Å². The summed E-state index contributed by atoms with van der Waals surface area (Å²) in [4.78, 5) is 26.7. The van der Waals surface area contributed by atoms with E-state index in [0.29, 0.717) is 25.7 Å². The van der Waals surface area contributed by atoms with E-state index in [9.17, 15) is 9.59 Å². The minimum absolute atomic E-state index is 0.00498. The van der Waals surface area contributed by atoms with Crippen LogP contribution in [0.5, 0.6) is 0 Å².